The van der Waals surface area contributed by atoms with Gasteiger partial charge >= 0.3 is 0 Å². The van der Waals surface area contributed by atoms with Gasteiger partial charge in [-0.3, -0.25) is 0 Å². The van der Waals surface area contributed by atoms with E-state index in [0.29, 0.717) is 0 Å². The Morgan fingerprint density at radius 2 is 2.36 bits per heavy atom. The second-order valence-electron chi connectivity index (χ2n) is 3.82. The van der Waals surface area contributed by atoms with Gasteiger partial charge in [-0.1, -0.05) is 32.6 Å². The highest BCUT2D eigenvalue weighted by molar-refractivity contribution is 5.27. The predicted molar refractivity (Wildman–Crippen MR) is 47.3 cm³/mol. The third kappa shape index (κ3) is 1.72. The Kier molecular flexibility index (Phi) is 2.19. The Labute approximate surface area is 68.4 Å². The van der Waals surface area contributed by atoms with Crippen LogP contribution in [0.2, 0.25) is 0 Å². The third-order valence-electron chi connectivity index (χ3n) is 2.44. The van der Waals surface area contributed by atoms with Crippen LogP contribution < -0.4 is 0 Å². The van der Waals surface area contributed by atoms with Gasteiger partial charge in [0.2, 0.25) is 0 Å². The van der Waals surface area contributed by atoms with Gasteiger partial charge in [0.15, 0.2) is 0 Å². The molecule has 0 aliphatic heterocycles. The lowest BCUT2D eigenvalue weighted by atomic mass is 9.75. The van der Waals surface area contributed by atoms with Crippen molar-refractivity contribution in [3.05, 3.63) is 24.3 Å². The van der Waals surface area contributed by atoms with Crippen LogP contribution in [0.15, 0.2) is 24.3 Å². The van der Waals surface area contributed by atoms with Crippen LogP contribution in [-0.4, -0.2) is 11.2 Å². The van der Waals surface area contributed by atoms with Crippen LogP contribution in [0.4, 0.5) is 0 Å². The van der Waals surface area contributed by atoms with E-state index in [1.807, 2.05) is 12.2 Å². The highest BCUT2D eigenvalue weighted by Gasteiger charge is 2.26. The van der Waals surface area contributed by atoms with Crippen molar-refractivity contribution in [3.63, 3.8) is 0 Å². The second-order valence-corrected chi connectivity index (χ2v) is 3.82. The lowest BCUT2D eigenvalue weighted by molar-refractivity contribution is 0.176. The number of aliphatic hydroxyl groups excluding tert-OH is 1. The molecular weight excluding hydrogens is 136 g/mol. The smallest absolute Gasteiger partial charge is 0.0727 e. The van der Waals surface area contributed by atoms with E-state index >= 15 is 0 Å². The molecule has 1 atom stereocenters. The molecule has 1 nitrogen and oxygen atoms in total. The number of hydrogen-bond acceptors (Lipinski definition) is 1. The van der Waals surface area contributed by atoms with E-state index in [2.05, 4.69) is 20.4 Å². The molecule has 0 unspecified atom stereocenters. The first-order valence-electron chi connectivity index (χ1n) is 4.09. The summed E-state index contributed by atoms with van der Waals surface area (Å²) in [6.07, 6.45) is 5.44. The van der Waals surface area contributed by atoms with Gasteiger partial charge in [-0.2, -0.15) is 0 Å². The summed E-state index contributed by atoms with van der Waals surface area (Å²) in [4.78, 5) is 0. The topological polar surface area (TPSA) is 20.2 Å². The van der Waals surface area contributed by atoms with E-state index in [-0.39, 0.29) is 11.5 Å². The maximum atomic E-state index is 9.32. The quantitative estimate of drug-likeness (QED) is 0.611. The number of aliphatic hydroxyl groups is 1. The molecule has 1 heteroatoms. The Balaban J connectivity index is 2.88. The van der Waals surface area contributed by atoms with Crippen molar-refractivity contribution in [2.75, 3.05) is 0 Å². The van der Waals surface area contributed by atoms with Crippen LogP contribution in [0.25, 0.3) is 0 Å². The third-order valence-corrected chi connectivity index (χ3v) is 2.44. The van der Waals surface area contributed by atoms with Crippen molar-refractivity contribution < 1.29 is 5.11 Å². The normalized spacial score (nSPS) is 29.4. The zero-order chi connectivity index (χ0) is 8.48. The minimum absolute atomic E-state index is 0.209. The van der Waals surface area contributed by atoms with Crippen molar-refractivity contribution in [3.8, 4) is 0 Å². The van der Waals surface area contributed by atoms with Crippen molar-refractivity contribution in [2.24, 2.45) is 5.41 Å². The molecule has 0 spiro atoms. The highest BCUT2D eigenvalue weighted by atomic mass is 16.3. The Morgan fingerprint density at radius 1 is 1.73 bits per heavy atom. The molecule has 1 aliphatic carbocycles. The maximum Gasteiger partial charge on any atom is 0.0727 e. The molecule has 0 fully saturated rings. The van der Waals surface area contributed by atoms with Crippen LogP contribution >= 0.6 is 0 Å². The number of hydrogen-bond donors (Lipinski definition) is 1. The van der Waals surface area contributed by atoms with Gasteiger partial charge in [0.25, 0.3) is 0 Å². The molecule has 1 rings (SSSR count). The summed E-state index contributed by atoms with van der Waals surface area (Å²) in [5.74, 6) is 0. The molecule has 0 saturated heterocycles. The van der Waals surface area contributed by atoms with Crippen molar-refractivity contribution in [1.29, 1.82) is 0 Å². The molecule has 0 saturated carbocycles. The molecule has 1 aliphatic rings. The average Bonchev–Trinajstić information content (AvgIpc) is 1.94. The molecular formula is C10H16O. The fraction of sp³-hybridized carbons (Fsp3) is 0.600. The maximum absolute atomic E-state index is 9.32. The van der Waals surface area contributed by atoms with Crippen LogP contribution in [0.1, 0.15) is 26.7 Å². The molecule has 0 amide bonds. The fourth-order valence-corrected chi connectivity index (χ4v) is 1.51. The van der Waals surface area contributed by atoms with Crippen molar-refractivity contribution in [2.45, 2.75) is 32.8 Å². The van der Waals surface area contributed by atoms with Crippen LogP contribution in [0, 0.1) is 5.41 Å². The summed E-state index contributed by atoms with van der Waals surface area (Å²) in [6.45, 7) is 8.11. The molecule has 11 heavy (non-hydrogen) atoms. The number of allylic oxidation sites excluding steroid dienone is 2. The van der Waals surface area contributed by atoms with Crippen molar-refractivity contribution >= 4 is 0 Å². The molecule has 1 N–H and O–H groups in total. The van der Waals surface area contributed by atoms with E-state index in [9.17, 15) is 5.11 Å². The van der Waals surface area contributed by atoms with E-state index in [1.165, 1.54) is 5.57 Å². The van der Waals surface area contributed by atoms with Gasteiger partial charge in [0.05, 0.1) is 6.10 Å². The van der Waals surface area contributed by atoms with Gasteiger partial charge in [-0.05, 0) is 23.8 Å². The number of rotatable bonds is 1. The summed E-state index contributed by atoms with van der Waals surface area (Å²) >= 11 is 0. The molecule has 0 radical (unpaired) electrons. The van der Waals surface area contributed by atoms with Gasteiger partial charge in [-0.25, -0.2) is 0 Å². The lowest BCUT2D eigenvalue weighted by Crippen LogP contribution is -2.23. The molecule has 0 bridgehead atoms. The Bertz CT molecular complexity index is 189. The fourth-order valence-electron chi connectivity index (χ4n) is 1.51. The molecule has 62 valence electrons. The Hall–Kier alpha value is -0.560. The van der Waals surface area contributed by atoms with Gasteiger partial charge in [-0.15, -0.1) is 0 Å². The van der Waals surface area contributed by atoms with Crippen LogP contribution in [0.5, 0.6) is 0 Å². The first kappa shape index (κ1) is 8.54. The van der Waals surface area contributed by atoms with E-state index in [1.54, 1.807) is 0 Å². The minimum atomic E-state index is -0.254. The predicted octanol–water partition coefficient (Wildman–Crippen LogP) is 2.28. The minimum Gasteiger partial charge on any atom is -0.389 e. The second kappa shape index (κ2) is 2.82. The summed E-state index contributed by atoms with van der Waals surface area (Å²) in [7, 11) is 0. The zero-order valence-corrected chi connectivity index (χ0v) is 7.30. The summed E-state index contributed by atoms with van der Waals surface area (Å²) in [6, 6.07) is 0. The van der Waals surface area contributed by atoms with E-state index in [0.717, 1.165) is 12.8 Å². The van der Waals surface area contributed by atoms with Crippen LogP contribution in [-0.2, 0) is 0 Å². The monoisotopic (exact) mass is 152 g/mol. The first-order valence-corrected chi connectivity index (χ1v) is 4.09. The van der Waals surface area contributed by atoms with Gasteiger partial charge < -0.3 is 5.11 Å². The average molecular weight is 152 g/mol. The van der Waals surface area contributed by atoms with Crippen LogP contribution in [0.3, 0.4) is 0 Å². The lowest BCUT2D eigenvalue weighted by Gasteiger charge is -2.31. The SMILES string of the molecule is C=CC1=C[C@@H](O)CCC1(C)C. The highest BCUT2D eigenvalue weighted by Crippen LogP contribution is 2.36. The van der Waals surface area contributed by atoms with Gasteiger partial charge in [0.1, 0.15) is 0 Å². The van der Waals surface area contributed by atoms with Gasteiger partial charge in [0, 0.05) is 0 Å². The molecule has 0 heterocycles. The van der Waals surface area contributed by atoms with E-state index in [4.69, 9.17) is 0 Å². The zero-order valence-electron chi connectivity index (χ0n) is 7.30. The first-order chi connectivity index (χ1) is 5.06. The Morgan fingerprint density at radius 3 is 2.82 bits per heavy atom. The largest absolute Gasteiger partial charge is 0.389 e. The standard InChI is InChI=1S/C10H16O/c1-4-8-7-9(11)5-6-10(8,2)3/h4,7,9,11H,1,5-6H2,2-3H3/t9-/m0/s1. The summed E-state index contributed by atoms with van der Waals surface area (Å²) in [5.41, 5.74) is 1.39. The molecule has 0 aromatic rings. The van der Waals surface area contributed by atoms with Crippen molar-refractivity contribution in [1.82, 2.24) is 0 Å². The summed E-state index contributed by atoms with van der Waals surface area (Å²) < 4.78 is 0. The molecule has 0 aromatic carbocycles. The molecule has 0 aromatic heterocycles. The van der Waals surface area contributed by atoms with E-state index < -0.39 is 0 Å². The summed E-state index contributed by atoms with van der Waals surface area (Å²) in [5, 5.41) is 9.32.